The quantitative estimate of drug-likeness (QED) is 0.850. The number of rotatable bonds is 3. The maximum absolute atomic E-state index is 14.1. The van der Waals surface area contributed by atoms with Crippen LogP contribution in [0.5, 0.6) is 11.5 Å². The molecule has 0 heterocycles. The van der Waals surface area contributed by atoms with Gasteiger partial charge in [-0.05, 0) is 43.9 Å². The van der Waals surface area contributed by atoms with Crippen molar-refractivity contribution >= 4 is 0 Å². The van der Waals surface area contributed by atoms with E-state index in [0.717, 1.165) is 18.4 Å². The number of phenolic OH excluding ortho intramolecular Hbond substituents is 1. The average Bonchev–Trinajstić information content (AvgIpc) is 3.05. The zero-order chi connectivity index (χ0) is 12.8. The number of halogens is 1. The minimum atomic E-state index is -0.595. The Labute approximate surface area is 100 Å². The fourth-order valence-electron chi connectivity index (χ4n) is 2.48. The van der Waals surface area contributed by atoms with Crippen LogP contribution < -0.4 is 10.5 Å². The fourth-order valence-corrected chi connectivity index (χ4v) is 2.48. The Hall–Kier alpha value is -1.29. The van der Waals surface area contributed by atoms with Gasteiger partial charge in [0.15, 0.2) is 17.3 Å². The second kappa shape index (κ2) is 3.88. The van der Waals surface area contributed by atoms with Crippen molar-refractivity contribution in [3.8, 4) is 11.5 Å². The number of benzene rings is 1. The Kier molecular flexibility index (Phi) is 2.78. The van der Waals surface area contributed by atoms with Crippen LogP contribution in [-0.4, -0.2) is 18.3 Å². The van der Waals surface area contributed by atoms with Gasteiger partial charge in [-0.25, -0.2) is 4.39 Å². The van der Waals surface area contributed by atoms with Gasteiger partial charge in [-0.2, -0.15) is 0 Å². The predicted octanol–water partition coefficient (Wildman–Crippen LogP) is 2.23. The van der Waals surface area contributed by atoms with Crippen molar-refractivity contribution in [2.24, 2.45) is 5.73 Å². The summed E-state index contributed by atoms with van der Waals surface area (Å²) in [7, 11) is 1.42. The molecule has 0 aromatic heterocycles. The molecule has 0 saturated heterocycles. The van der Waals surface area contributed by atoms with Crippen LogP contribution in [0, 0.1) is 12.7 Å². The summed E-state index contributed by atoms with van der Waals surface area (Å²) in [5.41, 5.74) is 6.86. The number of hydrogen-bond acceptors (Lipinski definition) is 3. The summed E-state index contributed by atoms with van der Waals surface area (Å²) in [5.74, 6) is -0.802. The lowest BCUT2D eigenvalue weighted by molar-refractivity contribution is 0.350. The van der Waals surface area contributed by atoms with Crippen molar-refractivity contribution in [3.05, 3.63) is 23.0 Å². The first-order chi connectivity index (χ1) is 7.94. The number of aryl methyl sites for hydroxylation is 1. The van der Waals surface area contributed by atoms with Crippen LogP contribution in [0.1, 0.15) is 30.9 Å². The zero-order valence-electron chi connectivity index (χ0n) is 10.4. The van der Waals surface area contributed by atoms with Gasteiger partial charge < -0.3 is 15.6 Å². The molecular weight excluding hydrogens is 221 g/mol. The molecule has 1 saturated carbocycles. The number of aromatic hydroxyl groups is 1. The van der Waals surface area contributed by atoms with E-state index < -0.39 is 11.6 Å². The van der Waals surface area contributed by atoms with E-state index in [9.17, 15) is 9.50 Å². The third-order valence-corrected chi connectivity index (χ3v) is 3.78. The van der Waals surface area contributed by atoms with Crippen LogP contribution >= 0.6 is 0 Å². The summed E-state index contributed by atoms with van der Waals surface area (Å²) >= 11 is 0. The van der Waals surface area contributed by atoms with Crippen LogP contribution in [0.25, 0.3) is 0 Å². The summed E-state index contributed by atoms with van der Waals surface area (Å²) < 4.78 is 19.1. The standard InChI is InChI=1S/C13H18FNO2/c1-7-6-9(13(4-5-13)8(2)15)10(14)11(16)12(7)17-3/h6,8,16H,4-5,15H2,1-3H3. The normalized spacial score (nSPS) is 18.9. The van der Waals surface area contributed by atoms with Gasteiger partial charge >= 0.3 is 0 Å². The lowest BCUT2D eigenvalue weighted by Gasteiger charge is -2.22. The highest BCUT2D eigenvalue weighted by atomic mass is 19.1. The van der Waals surface area contributed by atoms with E-state index in [2.05, 4.69) is 0 Å². The minimum Gasteiger partial charge on any atom is -0.502 e. The van der Waals surface area contributed by atoms with E-state index in [1.165, 1.54) is 7.11 Å². The van der Waals surface area contributed by atoms with E-state index in [4.69, 9.17) is 10.5 Å². The average molecular weight is 239 g/mol. The van der Waals surface area contributed by atoms with E-state index in [0.29, 0.717) is 5.56 Å². The number of nitrogens with two attached hydrogens (primary N) is 1. The van der Waals surface area contributed by atoms with Crippen molar-refractivity contribution < 1.29 is 14.2 Å². The van der Waals surface area contributed by atoms with E-state index in [1.807, 2.05) is 6.92 Å². The molecule has 0 aliphatic heterocycles. The maximum Gasteiger partial charge on any atom is 0.194 e. The monoisotopic (exact) mass is 239 g/mol. The Morgan fingerprint density at radius 1 is 1.53 bits per heavy atom. The molecular formula is C13H18FNO2. The van der Waals surface area contributed by atoms with Gasteiger partial charge in [0, 0.05) is 11.5 Å². The van der Waals surface area contributed by atoms with Gasteiger partial charge in [-0.3, -0.25) is 0 Å². The van der Waals surface area contributed by atoms with Crippen LogP contribution in [0.4, 0.5) is 4.39 Å². The molecule has 1 aliphatic rings. The van der Waals surface area contributed by atoms with Crippen molar-refractivity contribution in [1.82, 2.24) is 0 Å². The van der Waals surface area contributed by atoms with Crippen LogP contribution in [-0.2, 0) is 5.41 Å². The van der Waals surface area contributed by atoms with Crippen molar-refractivity contribution in [2.45, 2.75) is 38.1 Å². The fraction of sp³-hybridized carbons (Fsp3) is 0.538. The molecule has 0 radical (unpaired) electrons. The molecule has 94 valence electrons. The van der Waals surface area contributed by atoms with Gasteiger partial charge in [-0.1, -0.05) is 0 Å². The highest BCUT2D eigenvalue weighted by Gasteiger charge is 2.49. The van der Waals surface area contributed by atoms with E-state index in [-0.39, 0.29) is 17.2 Å². The van der Waals surface area contributed by atoms with Crippen molar-refractivity contribution in [2.75, 3.05) is 7.11 Å². The second-order valence-corrected chi connectivity index (χ2v) is 4.88. The van der Waals surface area contributed by atoms with Gasteiger partial charge in [0.05, 0.1) is 7.11 Å². The zero-order valence-corrected chi connectivity index (χ0v) is 10.4. The summed E-state index contributed by atoms with van der Waals surface area (Å²) in [6.45, 7) is 3.67. The second-order valence-electron chi connectivity index (χ2n) is 4.88. The molecule has 1 aromatic carbocycles. The van der Waals surface area contributed by atoms with E-state index >= 15 is 0 Å². The first-order valence-electron chi connectivity index (χ1n) is 5.76. The minimum absolute atomic E-state index is 0.121. The lowest BCUT2D eigenvalue weighted by atomic mass is 9.87. The Morgan fingerprint density at radius 3 is 2.53 bits per heavy atom. The molecule has 17 heavy (non-hydrogen) atoms. The summed E-state index contributed by atoms with van der Waals surface area (Å²) in [6.07, 6.45) is 1.74. The molecule has 1 unspecified atom stereocenters. The molecule has 3 N–H and O–H groups in total. The number of phenols is 1. The largest absolute Gasteiger partial charge is 0.502 e. The van der Waals surface area contributed by atoms with E-state index in [1.54, 1.807) is 13.0 Å². The van der Waals surface area contributed by atoms with Gasteiger partial charge in [0.1, 0.15) is 0 Å². The molecule has 1 aromatic rings. The van der Waals surface area contributed by atoms with Gasteiger partial charge in [-0.15, -0.1) is 0 Å². The van der Waals surface area contributed by atoms with Crippen LogP contribution in [0.2, 0.25) is 0 Å². The Balaban J connectivity index is 2.58. The Morgan fingerprint density at radius 2 is 2.12 bits per heavy atom. The molecule has 4 heteroatoms. The number of ether oxygens (including phenoxy) is 1. The molecule has 0 bridgehead atoms. The number of hydrogen-bond donors (Lipinski definition) is 2. The summed E-state index contributed by atoms with van der Waals surface area (Å²) in [5, 5.41) is 9.79. The first kappa shape index (κ1) is 12.2. The maximum atomic E-state index is 14.1. The Bertz CT molecular complexity index is 453. The molecule has 0 amide bonds. The smallest absolute Gasteiger partial charge is 0.194 e. The van der Waals surface area contributed by atoms with Gasteiger partial charge in [0.25, 0.3) is 0 Å². The SMILES string of the molecule is COc1c(C)cc(C2(C(C)N)CC2)c(F)c1O. The summed E-state index contributed by atoms with van der Waals surface area (Å²) in [4.78, 5) is 0. The molecule has 2 rings (SSSR count). The summed E-state index contributed by atoms with van der Waals surface area (Å²) in [6, 6.07) is 1.62. The third kappa shape index (κ3) is 1.67. The van der Waals surface area contributed by atoms with Crippen LogP contribution in [0.15, 0.2) is 6.07 Å². The lowest BCUT2D eigenvalue weighted by Crippen LogP contribution is -2.32. The van der Waals surface area contributed by atoms with Crippen molar-refractivity contribution in [1.29, 1.82) is 0 Å². The molecule has 1 aliphatic carbocycles. The molecule has 1 fully saturated rings. The van der Waals surface area contributed by atoms with Crippen LogP contribution in [0.3, 0.4) is 0 Å². The highest BCUT2D eigenvalue weighted by molar-refractivity contribution is 5.52. The first-order valence-corrected chi connectivity index (χ1v) is 5.76. The highest BCUT2D eigenvalue weighted by Crippen LogP contribution is 2.53. The van der Waals surface area contributed by atoms with Gasteiger partial charge in [0.2, 0.25) is 0 Å². The predicted molar refractivity (Wildman–Crippen MR) is 63.9 cm³/mol. The molecule has 1 atom stereocenters. The molecule has 0 spiro atoms. The number of methoxy groups -OCH3 is 1. The molecule has 3 nitrogen and oxygen atoms in total. The topological polar surface area (TPSA) is 55.5 Å². The van der Waals surface area contributed by atoms with Crippen molar-refractivity contribution in [3.63, 3.8) is 0 Å². The third-order valence-electron chi connectivity index (χ3n) is 3.78.